The molecule has 0 bridgehead atoms. The highest BCUT2D eigenvalue weighted by molar-refractivity contribution is 6.01. The topological polar surface area (TPSA) is 175 Å². The number of likely N-dealkylation sites (N-methyl/N-ethyl adjacent to an activating group) is 1. The van der Waals surface area contributed by atoms with Crippen molar-refractivity contribution in [2.45, 2.75) is 24.8 Å². The van der Waals surface area contributed by atoms with E-state index in [9.17, 15) is 24.3 Å². The number of hydrogen-bond acceptors (Lipinski definition) is 6. The molecule has 1 aliphatic rings. The monoisotopic (exact) mass is 405 g/mol. The summed E-state index contributed by atoms with van der Waals surface area (Å²) >= 11 is 0. The van der Waals surface area contributed by atoms with Gasteiger partial charge in [-0.25, -0.2) is 5.06 Å². The molecule has 11 nitrogen and oxygen atoms in total. The second-order valence-electron chi connectivity index (χ2n) is 6.64. The molecule has 2 unspecified atom stereocenters. The lowest BCUT2D eigenvalue weighted by molar-refractivity contribution is -0.174. The maximum absolute atomic E-state index is 12.4. The quantitative estimate of drug-likeness (QED) is 0.212. The second kappa shape index (κ2) is 8.69. The first-order valence-corrected chi connectivity index (χ1v) is 8.71. The highest BCUT2D eigenvalue weighted by atomic mass is 16.7. The molecule has 0 radical (unpaired) electrons. The van der Waals surface area contributed by atoms with E-state index >= 15 is 0 Å². The van der Waals surface area contributed by atoms with Gasteiger partial charge in [0.05, 0.1) is 13.0 Å². The van der Waals surface area contributed by atoms with E-state index in [0.717, 1.165) is 5.06 Å². The van der Waals surface area contributed by atoms with Crippen LogP contribution in [-0.4, -0.2) is 59.4 Å². The summed E-state index contributed by atoms with van der Waals surface area (Å²) in [4.78, 5) is 52.7. The van der Waals surface area contributed by atoms with Gasteiger partial charge >= 0.3 is 5.97 Å². The van der Waals surface area contributed by atoms with E-state index < -0.39 is 35.1 Å². The molecule has 11 heteroatoms. The van der Waals surface area contributed by atoms with Gasteiger partial charge in [0.15, 0.2) is 0 Å². The zero-order valence-corrected chi connectivity index (χ0v) is 16.0. The molecular formula is C18H23N5O6. The molecule has 1 fully saturated rings. The van der Waals surface area contributed by atoms with Crippen LogP contribution in [0.4, 0.5) is 5.69 Å². The number of amidine groups is 1. The Bertz CT molecular complexity index is 840. The number of aliphatic carboxylic acids is 1. The molecule has 1 saturated carbocycles. The van der Waals surface area contributed by atoms with Crippen LogP contribution in [0.5, 0.6) is 0 Å². The van der Waals surface area contributed by atoms with Crippen LogP contribution < -0.4 is 16.4 Å². The first kappa shape index (κ1) is 21.8. The minimum atomic E-state index is -1.56. The van der Waals surface area contributed by atoms with Crippen molar-refractivity contribution in [3.63, 3.8) is 0 Å². The van der Waals surface area contributed by atoms with Crippen molar-refractivity contribution in [1.29, 1.82) is 5.41 Å². The number of carboxylic acids is 1. The Labute approximate surface area is 166 Å². The lowest BCUT2D eigenvalue weighted by Gasteiger charge is -2.23. The number of carbonyl (C=O) groups excluding carboxylic acids is 3. The smallest absolute Gasteiger partial charge is 0.309 e. The maximum atomic E-state index is 12.4. The first-order chi connectivity index (χ1) is 13.6. The molecule has 0 saturated heterocycles. The fraction of sp³-hybridized carbons (Fsp3) is 0.389. The number of hydrogen-bond donors (Lipinski definition) is 5. The largest absolute Gasteiger partial charge is 0.481 e. The van der Waals surface area contributed by atoms with Gasteiger partial charge in [0.25, 0.3) is 5.91 Å². The van der Waals surface area contributed by atoms with Crippen LogP contribution >= 0.6 is 0 Å². The maximum Gasteiger partial charge on any atom is 0.309 e. The van der Waals surface area contributed by atoms with Crippen LogP contribution in [0, 0.1) is 11.3 Å². The van der Waals surface area contributed by atoms with Gasteiger partial charge in [-0.2, -0.15) is 0 Å². The summed E-state index contributed by atoms with van der Waals surface area (Å²) in [5, 5.41) is 22.4. The molecule has 0 heterocycles. The van der Waals surface area contributed by atoms with Crippen molar-refractivity contribution < 1.29 is 29.1 Å². The number of nitrogens with zero attached hydrogens (tertiary/aromatic N) is 1. The minimum Gasteiger partial charge on any atom is -0.481 e. The van der Waals surface area contributed by atoms with Crippen LogP contribution in [0.2, 0.25) is 0 Å². The number of anilines is 1. The lowest BCUT2D eigenvalue weighted by Crippen LogP contribution is -2.51. The molecule has 3 amide bonds. The van der Waals surface area contributed by atoms with E-state index in [1.165, 1.54) is 14.2 Å². The van der Waals surface area contributed by atoms with Crippen molar-refractivity contribution in [2.24, 2.45) is 11.7 Å². The van der Waals surface area contributed by atoms with E-state index in [0.29, 0.717) is 11.3 Å². The number of nitrogens with two attached hydrogens (primary N) is 1. The van der Waals surface area contributed by atoms with Gasteiger partial charge in [-0.3, -0.25) is 29.4 Å². The summed E-state index contributed by atoms with van der Waals surface area (Å²) in [7, 11) is 2.57. The number of hydroxylamine groups is 2. The Balaban J connectivity index is 1.90. The van der Waals surface area contributed by atoms with E-state index in [1.807, 2.05) is 0 Å². The van der Waals surface area contributed by atoms with E-state index in [4.69, 9.17) is 16.0 Å². The zero-order chi connectivity index (χ0) is 21.8. The molecule has 156 valence electrons. The molecule has 2 rings (SSSR count). The third-order valence-electron chi connectivity index (χ3n) is 4.62. The number of nitrogen functional groups attached to an aromatic ring is 1. The predicted octanol–water partition coefficient (Wildman–Crippen LogP) is -0.331. The third-order valence-corrected chi connectivity index (χ3v) is 4.62. The van der Waals surface area contributed by atoms with Crippen molar-refractivity contribution >= 4 is 35.2 Å². The van der Waals surface area contributed by atoms with Crippen LogP contribution in [0.1, 0.15) is 24.8 Å². The summed E-state index contributed by atoms with van der Waals surface area (Å²) in [5.74, 6) is -4.07. The van der Waals surface area contributed by atoms with Gasteiger partial charge in [-0.05, 0) is 30.7 Å². The summed E-state index contributed by atoms with van der Waals surface area (Å²) in [6.07, 6.45) is -0.437. The summed E-state index contributed by atoms with van der Waals surface area (Å²) in [6.45, 7) is 0. The van der Waals surface area contributed by atoms with Crippen molar-refractivity contribution in [3.05, 3.63) is 29.8 Å². The highest BCUT2D eigenvalue weighted by Crippen LogP contribution is 2.45. The predicted molar refractivity (Wildman–Crippen MR) is 102 cm³/mol. The first-order valence-electron chi connectivity index (χ1n) is 8.71. The Hall–Kier alpha value is -3.47. The van der Waals surface area contributed by atoms with Gasteiger partial charge in [-0.15, -0.1) is 0 Å². The molecule has 0 spiro atoms. The summed E-state index contributed by atoms with van der Waals surface area (Å²) in [5.41, 5.74) is 4.78. The Kier molecular flexibility index (Phi) is 6.54. The number of amides is 3. The van der Waals surface area contributed by atoms with Gasteiger partial charge in [0.2, 0.25) is 11.8 Å². The highest BCUT2D eigenvalue weighted by Gasteiger charge is 2.66. The van der Waals surface area contributed by atoms with Gasteiger partial charge in [-0.1, -0.05) is 0 Å². The van der Waals surface area contributed by atoms with Crippen LogP contribution in [-0.2, 0) is 24.0 Å². The van der Waals surface area contributed by atoms with Gasteiger partial charge < -0.3 is 21.5 Å². The average Bonchev–Trinajstić information content (AvgIpc) is 3.41. The van der Waals surface area contributed by atoms with Crippen LogP contribution in [0.3, 0.4) is 0 Å². The minimum absolute atomic E-state index is 0.0463. The zero-order valence-electron chi connectivity index (χ0n) is 16.0. The lowest BCUT2D eigenvalue weighted by atomic mass is 10.1. The fourth-order valence-electron chi connectivity index (χ4n) is 2.85. The Morgan fingerprint density at radius 2 is 1.83 bits per heavy atom. The number of carboxylic acid groups (broad SMARTS) is 1. The van der Waals surface area contributed by atoms with Crippen molar-refractivity contribution in [3.8, 4) is 0 Å². The molecule has 0 aromatic heterocycles. The van der Waals surface area contributed by atoms with Gasteiger partial charge in [0, 0.05) is 31.1 Å². The second-order valence-corrected chi connectivity index (χ2v) is 6.64. The summed E-state index contributed by atoms with van der Waals surface area (Å²) in [6, 6.07) is 6.30. The molecule has 0 aliphatic heterocycles. The standard InChI is InChI=1S/C18H23N5O6/c1-23(29-2)17(28)18(9-12(18)16(26)27)22-14(25)8-7-13(24)21-11-5-3-10(4-6-11)15(19)20/h3-6,12H,7-9H2,1-2H3,(H3,19,20)(H,21,24)(H,22,25)(H,26,27). The molecular weight excluding hydrogens is 382 g/mol. The molecule has 2 atom stereocenters. The van der Waals surface area contributed by atoms with E-state index in [1.54, 1.807) is 24.3 Å². The van der Waals surface area contributed by atoms with Crippen molar-refractivity contribution in [1.82, 2.24) is 10.4 Å². The average molecular weight is 405 g/mol. The van der Waals surface area contributed by atoms with Crippen LogP contribution in [0.25, 0.3) is 0 Å². The normalized spacial score (nSPS) is 19.7. The third kappa shape index (κ3) is 5.08. The van der Waals surface area contributed by atoms with E-state index in [2.05, 4.69) is 10.6 Å². The summed E-state index contributed by atoms with van der Waals surface area (Å²) < 4.78 is 0. The molecule has 6 N–H and O–H groups in total. The number of carbonyl (C=O) groups is 4. The van der Waals surface area contributed by atoms with Crippen molar-refractivity contribution in [2.75, 3.05) is 19.5 Å². The molecule has 1 aromatic carbocycles. The number of benzene rings is 1. The van der Waals surface area contributed by atoms with Crippen LogP contribution in [0.15, 0.2) is 24.3 Å². The van der Waals surface area contributed by atoms with E-state index in [-0.39, 0.29) is 25.1 Å². The number of rotatable bonds is 9. The Morgan fingerprint density at radius 3 is 2.31 bits per heavy atom. The number of nitrogens with one attached hydrogen (secondary N) is 3. The Morgan fingerprint density at radius 1 is 1.24 bits per heavy atom. The fourth-order valence-corrected chi connectivity index (χ4v) is 2.85. The molecule has 29 heavy (non-hydrogen) atoms. The molecule has 1 aromatic rings. The SMILES string of the molecule is CON(C)C(=O)C1(NC(=O)CCC(=O)Nc2ccc(C(=N)N)cc2)CC1C(=O)O. The molecule has 1 aliphatic carbocycles. The van der Waals surface area contributed by atoms with Gasteiger partial charge in [0.1, 0.15) is 11.4 Å².